The molecule has 0 N–H and O–H groups in total. The fourth-order valence-corrected chi connectivity index (χ4v) is 10.9. The quantitative estimate of drug-likeness (QED) is 0.164. The fourth-order valence-electron chi connectivity index (χ4n) is 10.9. The Hall–Kier alpha value is -7.42. The maximum atomic E-state index is 2.49. The summed E-state index contributed by atoms with van der Waals surface area (Å²) in [5, 5.41) is 2.52. The second kappa shape index (κ2) is 13.0. The number of aromatic nitrogens is 1. The van der Waals surface area contributed by atoms with Gasteiger partial charge in [-0.3, -0.25) is 0 Å². The molecule has 0 spiro atoms. The first kappa shape index (κ1) is 34.6. The Morgan fingerprint density at radius 2 is 0.867 bits per heavy atom. The van der Waals surface area contributed by atoms with Gasteiger partial charge >= 0.3 is 0 Å². The van der Waals surface area contributed by atoms with Gasteiger partial charge in [0.15, 0.2) is 0 Å². The van der Waals surface area contributed by atoms with E-state index in [2.05, 4.69) is 242 Å². The van der Waals surface area contributed by atoms with Crippen molar-refractivity contribution >= 4 is 38.9 Å². The Balaban J connectivity index is 1.16. The molecule has 0 fully saturated rings. The highest BCUT2D eigenvalue weighted by atomic mass is 15.1. The number of nitrogens with zero attached hydrogens (tertiary/aromatic N) is 2. The summed E-state index contributed by atoms with van der Waals surface area (Å²) < 4.78 is 2.49. The predicted octanol–water partition coefficient (Wildman–Crippen LogP) is 14.9. The van der Waals surface area contributed by atoms with E-state index in [0.717, 1.165) is 17.1 Å². The van der Waals surface area contributed by atoms with Crippen molar-refractivity contribution in [1.29, 1.82) is 0 Å². The predicted molar refractivity (Wildman–Crippen MR) is 250 cm³/mol. The first-order valence-corrected chi connectivity index (χ1v) is 21.0. The summed E-state index contributed by atoms with van der Waals surface area (Å²) in [5.41, 5.74) is 19.2. The first-order valence-electron chi connectivity index (χ1n) is 21.0. The molecule has 0 saturated carbocycles. The Kier molecular flexibility index (Phi) is 7.52. The van der Waals surface area contributed by atoms with Gasteiger partial charge < -0.3 is 9.47 Å². The third-order valence-electron chi connectivity index (χ3n) is 13.5. The molecule has 12 rings (SSSR count). The van der Waals surface area contributed by atoms with Crippen LogP contribution in [0.15, 0.2) is 218 Å². The molecule has 2 nitrogen and oxygen atoms in total. The van der Waals surface area contributed by atoms with Crippen LogP contribution in [0.25, 0.3) is 49.7 Å². The monoisotopic (exact) mass is 766 g/mol. The standard InChI is InChI=1S/C58H42N2/c1-57(2)49-28-15-12-25-44(49)45-35-33-42(37-51(45)57)59(41-23-10-5-11-24-41)43-34-36-48-52(38-43)58(39-19-6-3-7-20-39,40-21-8-4-9-22-40)50-29-18-32-55(56(48)50)60-53-30-16-13-26-46(53)47-27-14-17-31-54(47)60/h3-38H,1-2H3. The molecule has 2 aliphatic carbocycles. The van der Waals surface area contributed by atoms with Gasteiger partial charge in [0, 0.05) is 38.8 Å². The van der Waals surface area contributed by atoms with Crippen LogP contribution in [0, 0.1) is 0 Å². The molecule has 10 aromatic rings. The Morgan fingerprint density at radius 3 is 1.52 bits per heavy atom. The molecule has 0 aliphatic heterocycles. The normalized spacial score (nSPS) is 14.1. The maximum absolute atomic E-state index is 2.49. The second-order valence-electron chi connectivity index (χ2n) is 16.9. The van der Waals surface area contributed by atoms with Gasteiger partial charge in [0.2, 0.25) is 0 Å². The van der Waals surface area contributed by atoms with Crippen molar-refractivity contribution in [2.45, 2.75) is 24.7 Å². The Bertz CT molecular complexity index is 3190. The van der Waals surface area contributed by atoms with Crippen LogP contribution in [0.5, 0.6) is 0 Å². The van der Waals surface area contributed by atoms with Crippen molar-refractivity contribution in [3.63, 3.8) is 0 Å². The SMILES string of the molecule is CC1(C)c2ccccc2-c2ccc(N(c3ccccc3)c3ccc4c(c3)C(c3ccccc3)(c3ccccc3)c3cccc(-n5c6ccccc6c6ccccc65)c3-4)cc21. The topological polar surface area (TPSA) is 8.17 Å². The lowest BCUT2D eigenvalue weighted by atomic mass is 9.67. The van der Waals surface area contributed by atoms with Crippen LogP contribution in [0.4, 0.5) is 17.1 Å². The third-order valence-corrected chi connectivity index (χ3v) is 13.5. The van der Waals surface area contributed by atoms with Crippen LogP contribution < -0.4 is 4.90 Å². The van der Waals surface area contributed by atoms with Crippen LogP contribution in [0.2, 0.25) is 0 Å². The molecule has 1 aromatic heterocycles. The van der Waals surface area contributed by atoms with E-state index >= 15 is 0 Å². The molecule has 1 heterocycles. The lowest BCUT2D eigenvalue weighted by Crippen LogP contribution is -2.28. The van der Waals surface area contributed by atoms with Crippen molar-refractivity contribution in [2.24, 2.45) is 0 Å². The van der Waals surface area contributed by atoms with Gasteiger partial charge in [-0.2, -0.15) is 0 Å². The number of hydrogen-bond donors (Lipinski definition) is 0. The third kappa shape index (κ3) is 4.76. The van der Waals surface area contributed by atoms with Crippen LogP contribution in [-0.2, 0) is 10.8 Å². The second-order valence-corrected chi connectivity index (χ2v) is 16.9. The van der Waals surface area contributed by atoms with E-state index in [1.54, 1.807) is 0 Å². The van der Waals surface area contributed by atoms with E-state index in [1.165, 1.54) is 83.1 Å². The zero-order valence-electron chi connectivity index (χ0n) is 33.7. The van der Waals surface area contributed by atoms with Gasteiger partial charge in [0.1, 0.15) is 0 Å². The zero-order valence-corrected chi connectivity index (χ0v) is 33.7. The highest BCUT2D eigenvalue weighted by molar-refractivity contribution is 6.10. The van der Waals surface area contributed by atoms with Crippen molar-refractivity contribution in [2.75, 3.05) is 4.90 Å². The molecule has 0 saturated heterocycles. The highest BCUT2D eigenvalue weighted by Gasteiger charge is 2.47. The van der Waals surface area contributed by atoms with Crippen LogP contribution >= 0.6 is 0 Å². The molecular formula is C58H42N2. The van der Waals surface area contributed by atoms with E-state index in [-0.39, 0.29) is 5.41 Å². The molecule has 9 aromatic carbocycles. The van der Waals surface area contributed by atoms with Crippen molar-refractivity contribution in [3.8, 4) is 27.9 Å². The molecule has 0 unspecified atom stereocenters. The number of anilines is 3. The Morgan fingerprint density at radius 1 is 0.367 bits per heavy atom. The molecule has 0 atom stereocenters. The minimum atomic E-state index is -0.595. The van der Waals surface area contributed by atoms with Gasteiger partial charge in [-0.05, 0) is 105 Å². The van der Waals surface area contributed by atoms with Crippen molar-refractivity contribution < 1.29 is 0 Å². The van der Waals surface area contributed by atoms with Crippen LogP contribution in [0.3, 0.4) is 0 Å². The molecular weight excluding hydrogens is 725 g/mol. The summed E-state index contributed by atoms with van der Waals surface area (Å²) in [6, 6.07) is 81.1. The minimum absolute atomic E-state index is 0.122. The molecule has 0 radical (unpaired) electrons. The van der Waals surface area contributed by atoms with E-state index < -0.39 is 5.41 Å². The highest BCUT2D eigenvalue weighted by Crippen LogP contribution is 2.59. The first-order chi connectivity index (χ1) is 29.5. The number of para-hydroxylation sites is 3. The Labute approximate surface area is 351 Å². The van der Waals surface area contributed by atoms with Gasteiger partial charge in [0.25, 0.3) is 0 Å². The smallest absolute Gasteiger partial charge is 0.0715 e. The summed E-state index contributed by atoms with van der Waals surface area (Å²) in [6.45, 7) is 4.73. The number of rotatable bonds is 6. The average Bonchev–Trinajstić information content (AvgIpc) is 3.89. The number of benzene rings is 9. The van der Waals surface area contributed by atoms with Crippen LogP contribution in [-0.4, -0.2) is 4.57 Å². The average molecular weight is 767 g/mol. The van der Waals surface area contributed by atoms with Crippen LogP contribution in [0.1, 0.15) is 47.2 Å². The van der Waals surface area contributed by atoms with E-state index in [0.29, 0.717) is 0 Å². The van der Waals surface area contributed by atoms with Crippen molar-refractivity contribution in [1.82, 2.24) is 4.57 Å². The number of fused-ring (bicyclic) bond motifs is 9. The molecule has 284 valence electrons. The molecule has 2 heteroatoms. The summed E-state index contributed by atoms with van der Waals surface area (Å²) >= 11 is 0. The van der Waals surface area contributed by atoms with Gasteiger partial charge in [0.05, 0.1) is 22.1 Å². The number of hydrogen-bond acceptors (Lipinski definition) is 1. The summed E-state index contributed by atoms with van der Waals surface area (Å²) in [6.07, 6.45) is 0. The van der Waals surface area contributed by atoms with Gasteiger partial charge in [-0.1, -0.05) is 178 Å². The van der Waals surface area contributed by atoms with Gasteiger partial charge in [-0.15, -0.1) is 0 Å². The minimum Gasteiger partial charge on any atom is -0.310 e. The lowest BCUT2D eigenvalue weighted by molar-refractivity contribution is 0.660. The molecule has 0 amide bonds. The van der Waals surface area contributed by atoms with E-state index in [9.17, 15) is 0 Å². The zero-order chi connectivity index (χ0) is 40.0. The summed E-state index contributed by atoms with van der Waals surface area (Å²) in [5.74, 6) is 0. The fraction of sp³-hybridized carbons (Fsp3) is 0.0690. The van der Waals surface area contributed by atoms with Crippen molar-refractivity contribution in [3.05, 3.63) is 252 Å². The maximum Gasteiger partial charge on any atom is 0.0715 e. The lowest BCUT2D eigenvalue weighted by Gasteiger charge is -2.35. The summed E-state index contributed by atoms with van der Waals surface area (Å²) in [4.78, 5) is 2.46. The molecule has 60 heavy (non-hydrogen) atoms. The largest absolute Gasteiger partial charge is 0.310 e. The van der Waals surface area contributed by atoms with Gasteiger partial charge in [-0.25, -0.2) is 0 Å². The summed E-state index contributed by atoms with van der Waals surface area (Å²) in [7, 11) is 0. The van der Waals surface area contributed by atoms with E-state index in [4.69, 9.17) is 0 Å². The molecule has 2 aliphatic rings. The molecule has 0 bridgehead atoms. The van der Waals surface area contributed by atoms with E-state index in [1.807, 2.05) is 0 Å².